The van der Waals surface area contributed by atoms with Crippen LogP contribution in [0, 0.1) is 5.92 Å². The van der Waals surface area contributed by atoms with Crippen molar-refractivity contribution in [2.24, 2.45) is 5.92 Å². The van der Waals surface area contributed by atoms with Crippen LogP contribution in [0.25, 0.3) is 0 Å². The molecule has 0 amide bonds. The lowest BCUT2D eigenvalue weighted by molar-refractivity contribution is 0.399. The van der Waals surface area contributed by atoms with Crippen LogP contribution in [0.4, 0.5) is 11.6 Å². The van der Waals surface area contributed by atoms with Crippen molar-refractivity contribution in [1.29, 1.82) is 0 Å². The molecule has 0 bridgehead atoms. The van der Waals surface area contributed by atoms with Gasteiger partial charge < -0.3 is 16.0 Å². The maximum absolute atomic E-state index is 5.83. The Balaban J connectivity index is 1.61. The second-order valence-electron chi connectivity index (χ2n) is 5.61. The largest absolute Gasteiger partial charge is 0.384 e. The summed E-state index contributed by atoms with van der Waals surface area (Å²) in [7, 11) is 2.17. The monoisotopic (exact) mass is 247 g/mol. The van der Waals surface area contributed by atoms with Crippen molar-refractivity contribution in [3.63, 3.8) is 0 Å². The fourth-order valence-corrected chi connectivity index (χ4v) is 2.54. The number of nitrogens with zero attached hydrogens (tertiary/aromatic N) is 3. The van der Waals surface area contributed by atoms with Crippen LogP contribution in [0.15, 0.2) is 6.07 Å². The van der Waals surface area contributed by atoms with Gasteiger partial charge in [0.25, 0.3) is 0 Å². The fraction of sp³-hybridized carbons (Fsp3) is 0.692. The van der Waals surface area contributed by atoms with E-state index in [4.69, 9.17) is 5.73 Å². The summed E-state index contributed by atoms with van der Waals surface area (Å²) >= 11 is 0. The van der Waals surface area contributed by atoms with Gasteiger partial charge in [-0.05, 0) is 38.8 Å². The van der Waals surface area contributed by atoms with Gasteiger partial charge in [0, 0.05) is 25.1 Å². The quantitative estimate of drug-likeness (QED) is 0.839. The van der Waals surface area contributed by atoms with Crippen molar-refractivity contribution >= 4 is 11.6 Å². The summed E-state index contributed by atoms with van der Waals surface area (Å²) in [4.78, 5) is 11.2. The Morgan fingerprint density at radius 1 is 1.39 bits per heavy atom. The molecule has 18 heavy (non-hydrogen) atoms. The van der Waals surface area contributed by atoms with E-state index >= 15 is 0 Å². The van der Waals surface area contributed by atoms with E-state index in [1.807, 2.05) is 6.07 Å². The van der Waals surface area contributed by atoms with Gasteiger partial charge in [0.05, 0.1) is 0 Å². The Hall–Kier alpha value is -1.36. The lowest BCUT2D eigenvalue weighted by atomic mass is 10.1. The zero-order valence-electron chi connectivity index (χ0n) is 10.9. The number of hydrogen-bond donors (Lipinski definition) is 2. The van der Waals surface area contributed by atoms with Crippen molar-refractivity contribution in [2.45, 2.75) is 25.2 Å². The van der Waals surface area contributed by atoms with Crippen molar-refractivity contribution in [3.8, 4) is 0 Å². The standard InChI is InChI=1S/C13H21N5/c1-18-5-4-9(8-18)7-15-12-6-11(14)16-13(17-12)10-2-3-10/h6,9-10H,2-5,7-8H2,1H3,(H3,14,15,16,17). The first-order chi connectivity index (χ1) is 8.70. The second kappa shape index (κ2) is 4.72. The normalized spacial score (nSPS) is 24.4. The predicted molar refractivity (Wildman–Crippen MR) is 72.5 cm³/mol. The molecule has 98 valence electrons. The number of nitrogens with one attached hydrogen (secondary N) is 1. The van der Waals surface area contributed by atoms with Crippen LogP contribution < -0.4 is 11.1 Å². The van der Waals surface area contributed by atoms with Crippen molar-refractivity contribution in [1.82, 2.24) is 14.9 Å². The van der Waals surface area contributed by atoms with Crippen LogP contribution >= 0.6 is 0 Å². The summed E-state index contributed by atoms with van der Waals surface area (Å²) in [6, 6.07) is 1.84. The smallest absolute Gasteiger partial charge is 0.136 e. The number of likely N-dealkylation sites (tertiary alicyclic amines) is 1. The number of rotatable bonds is 4. The van der Waals surface area contributed by atoms with Gasteiger partial charge in [-0.3, -0.25) is 0 Å². The first-order valence-electron chi connectivity index (χ1n) is 6.77. The minimum absolute atomic E-state index is 0.548. The Bertz CT molecular complexity index is 429. The Morgan fingerprint density at radius 3 is 2.89 bits per heavy atom. The van der Waals surface area contributed by atoms with E-state index < -0.39 is 0 Å². The van der Waals surface area contributed by atoms with Crippen LogP contribution in [0.5, 0.6) is 0 Å². The molecule has 1 atom stereocenters. The minimum atomic E-state index is 0.548. The molecule has 1 saturated carbocycles. The van der Waals surface area contributed by atoms with Gasteiger partial charge in [0.1, 0.15) is 17.5 Å². The molecule has 5 nitrogen and oxygen atoms in total. The topological polar surface area (TPSA) is 67.1 Å². The van der Waals surface area contributed by atoms with Gasteiger partial charge in [-0.15, -0.1) is 0 Å². The molecule has 3 rings (SSSR count). The average molecular weight is 247 g/mol. The van der Waals surface area contributed by atoms with E-state index in [9.17, 15) is 0 Å². The van der Waals surface area contributed by atoms with Crippen molar-refractivity contribution < 1.29 is 0 Å². The molecule has 0 aromatic carbocycles. The van der Waals surface area contributed by atoms with Crippen molar-refractivity contribution in [3.05, 3.63) is 11.9 Å². The van der Waals surface area contributed by atoms with E-state index in [2.05, 4.69) is 27.2 Å². The second-order valence-corrected chi connectivity index (χ2v) is 5.61. The molecular weight excluding hydrogens is 226 g/mol. The molecule has 1 aliphatic heterocycles. The average Bonchev–Trinajstić information content (AvgIpc) is 3.10. The molecular formula is C13H21N5. The summed E-state index contributed by atoms with van der Waals surface area (Å²) in [5.41, 5.74) is 5.83. The lowest BCUT2D eigenvalue weighted by Gasteiger charge is -2.13. The van der Waals surface area contributed by atoms with Crippen LogP contribution in [0.2, 0.25) is 0 Å². The molecule has 1 aliphatic carbocycles. The fourth-order valence-electron chi connectivity index (χ4n) is 2.54. The van der Waals surface area contributed by atoms with Gasteiger partial charge in [0.2, 0.25) is 0 Å². The zero-order valence-corrected chi connectivity index (χ0v) is 10.9. The van der Waals surface area contributed by atoms with Crippen LogP contribution in [-0.2, 0) is 0 Å². The van der Waals surface area contributed by atoms with E-state index in [0.717, 1.165) is 24.1 Å². The maximum Gasteiger partial charge on any atom is 0.136 e. The molecule has 2 fully saturated rings. The van der Waals surface area contributed by atoms with Gasteiger partial charge in [0.15, 0.2) is 0 Å². The highest BCUT2D eigenvalue weighted by molar-refractivity contribution is 5.45. The molecule has 3 N–H and O–H groups in total. The summed E-state index contributed by atoms with van der Waals surface area (Å²) < 4.78 is 0. The summed E-state index contributed by atoms with van der Waals surface area (Å²) in [6.07, 6.45) is 3.67. The maximum atomic E-state index is 5.83. The highest BCUT2D eigenvalue weighted by Gasteiger charge is 2.27. The van der Waals surface area contributed by atoms with E-state index in [0.29, 0.717) is 11.7 Å². The van der Waals surface area contributed by atoms with E-state index in [1.54, 1.807) is 0 Å². The van der Waals surface area contributed by atoms with Crippen LogP contribution in [0.3, 0.4) is 0 Å². The van der Waals surface area contributed by atoms with Gasteiger partial charge >= 0.3 is 0 Å². The molecule has 2 heterocycles. The van der Waals surface area contributed by atoms with E-state index in [1.165, 1.54) is 32.4 Å². The first kappa shape index (κ1) is 11.7. The molecule has 0 spiro atoms. The summed E-state index contributed by atoms with van der Waals surface area (Å²) in [5, 5.41) is 3.41. The number of anilines is 2. The molecule has 1 saturated heterocycles. The predicted octanol–water partition coefficient (Wildman–Crippen LogP) is 1.30. The molecule has 1 aromatic rings. The minimum Gasteiger partial charge on any atom is -0.384 e. The summed E-state index contributed by atoms with van der Waals surface area (Å²) in [5.74, 6) is 3.65. The summed E-state index contributed by atoms with van der Waals surface area (Å²) in [6.45, 7) is 3.35. The number of nitrogen functional groups attached to an aromatic ring is 1. The highest BCUT2D eigenvalue weighted by Crippen LogP contribution is 2.38. The van der Waals surface area contributed by atoms with Gasteiger partial charge in [-0.25, -0.2) is 9.97 Å². The van der Waals surface area contributed by atoms with Crippen LogP contribution in [-0.4, -0.2) is 41.5 Å². The molecule has 5 heteroatoms. The number of hydrogen-bond acceptors (Lipinski definition) is 5. The van der Waals surface area contributed by atoms with Gasteiger partial charge in [-0.2, -0.15) is 0 Å². The Labute approximate surface area is 108 Å². The Morgan fingerprint density at radius 2 is 2.22 bits per heavy atom. The van der Waals surface area contributed by atoms with Gasteiger partial charge in [-0.1, -0.05) is 0 Å². The van der Waals surface area contributed by atoms with Crippen LogP contribution in [0.1, 0.15) is 31.0 Å². The highest BCUT2D eigenvalue weighted by atomic mass is 15.1. The SMILES string of the molecule is CN1CCC(CNc2cc(N)nc(C3CC3)n2)C1. The third-order valence-electron chi connectivity index (χ3n) is 3.77. The third-order valence-corrected chi connectivity index (χ3v) is 3.77. The Kier molecular flexibility index (Phi) is 3.07. The molecule has 0 radical (unpaired) electrons. The molecule has 2 aliphatic rings. The molecule has 1 unspecified atom stereocenters. The zero-order chi connectivity index (χ0) is 12.5. The van der Waals surface area contributed by atoms with Crippen molar-refractivity contribution in [2.75, 3.05) is 37.7 Å². The van der Waals surface area contributed by atoms with E-state index in [-0.39, 0.29) is 0 Å². The first-order valence-corrected chi connectivity index (χ1v) is 6.77. The molecule has 1 aromatic heterocycles. The number of nitrogens with two attached hydrogens (primary N) is 1. The number of aromatic nitrogens is 2. The lowest BCUT2D eigenvalue weighted by Crippen LogP contribution is -2.19. The third kappa shape index (κ3) is 2.72.